The number of fused-ring (bicyclic) bond motifs is 8. The van der Waals surface area contributed by atoms with E-state index in [0.29, 0.717) is 5.56 Å². The molecule has 0 atom stereocenters. The molecule has 6 heteroatoms. The van der Waals surface area contributed by atoms with Crippen LogP contribution >= 0.6 is 0 Å². The van der Waals surface area contributed by atoms with Gasteiger partial charge in [0, 0.05) is 22.1 Å². The van der Waals surface area contributed by atoms with Crippen LogP contribution in [0.4, 0.5) is 0 Å². The van der Waals surface area contributed by atoms with Gasteiger partial charge in [-0.3, -0.25) is 0 Å². The van der Waals surface area contributed by atoms with Gasteiger partial charge in [-0.2, -0.15) is 0 Å². The van der Waals surface area contributed by atoms with E-state index in [4.69, 9.17) is 9.72 Å². The molecule has 2 N–H and O–H groups in total. The highest BCUT2D eigenvalue weighted by molar-refractivity contribution is 5.96. The van der Waals surface area contributed by atoms with Gasteiger partial charge in [-0.15, -0.1) is 0 Å². The van der Waals surface area contributed by atoms with E-state index in [1.807, 2.05) is 91.0 Å². The third kappa shape index (κ3) is 3.81. The normalized spacial score (nSPS) is 12.5. The van der Waals surface area contributed by atoms with Gasteiger partial charge in [-0.25, -0.2) is 14.8 Å². The molecule has 0 radical (unpaired) electrons. The number of carbonyl (C=O) groups is 1. The van der Waals surface area contributed by atoms with Crippen LogP contribution in [0.5, 0.6) is 5.88 Å². The number of H-pyrrole nitrogens is 2. The Kier molecular flexibility index (Phi) is 4.82. The summed E-state index contributed by atoms with van der Waals surface area (Å²) < 4.78 is 5.69. The van der Waals surface area contributed by atoms with E-state index in [0.717, 1.165) is 50.1 Å². The van der Waals surface area contributed by atoms with E-state index in [1.54, 1.807) is 6.07 Å². The Morgan fingerprint density at radius 2 is 1.24 bits per heavy atom. The van der Waals surface area contributed by atoms with Crippen LogP contribution in [0.1, 0.15) is 21.9 Å². The van der Waals surface area contributed by atoms with Crippen molar-refractivity contribution in [2.24, 2.45) is 0 Å². The number of benzene rings is 2. The van der Waals surface area contributed by atoms with Crippen LogP contribution in [-0.2, 0) is 0 Å². The van der Waals surface area contributed by atoms with Crippen LogP contribution in [0, 0.1) is 0 Å². The number of carbonyl (C=O) groups excluding carboxylic acids is 1. The number of rotatable bonds is 2. The Balaban J connectivity index is 1.60. The zero-order valence-electron chi connectivity index (χ0n) is 19.6. The lowest BCUT2D eigenvalue weighted by Crippen LogP contribution is -2.01. The highest BCUT2D eigenvalue weighted by atomic mass is 16.5. The minimum absolute atomic E-state index is 0.234. The van der Waals surface area contributed by atoms with Gasteiger partial charge < -0.3 is 14.7 Å². The third-order valence-electron chi connectivity index (χ3n) is 6.43. The van der Waals surface area contributed by atoms with Gasteiger partial charge in [0.15, 0.2) is 5.69 Å². The Hall–Kier alpha value is -5.23. The number of nitrogens with one attached hydrogen (secondary N) is 2. The lowest BCUT2D eigenvalue weighted by molar-refractivity contribution is 0.0755. The second kappa shape index (κ2) is 8.46. The van der Waals surface area contributed by atoms with Gasteiger partial charge in [-0.05, 0) is 59.7 Å². The number of hydrogen-bond donors (Lipinski definition) is 2. The molecule has 0 unspecified atom stereocenters. The second-order valence-electron chi connectivity index (χ2n) is 8.87. The molecule has 2 aromatic carbocycles. The van der Waals surface area contributed by atoms with Gasteiger partial charge in [0.25, 0.3) is 0 Å². The average molecular weight is 481 g/mol. The van der Waals surface area contributed by atoms with E-state index in [2.05, 4.69) is 27.1 Å². The van der Waals surface area contributed by atoms with Crippen LogP contribution in [0.25, 0.3) is 56.5 Å². The number of aromatic nitrogens is 4. The first-order valence-electron chi connectivity index (χ1n) is 12.0. The Labute approximate surface area is 212 Å². The maximum atomic E-state index is 12.9. The van der Waals surface area contributed by atoms with Crippen LogP contribution < -0.4 is 4.74 Å². The Morgan fingerprint density at radius 1 is 0.622 bits per heavy atom. The van der Waals surface area contributed by atoms with Gasteiger partial charge in [0.05, 0.1) is 22.5 Å². The molecule has 2 aliphatic rings. The topological polar surface area (TPSA) is 83.7 Å². The monoisotopic (exact) mass is 480 g/mol. The van der Waals surface area contributed by atoms with Gasteiger partial charge >= 0.3 is 5.97 Å². The van der Waals surface area contributed by atoms with Crippen molar-refractivity contribution in [2.75, 3.05) is 0 Å². The highest BCUT2D eigenvalue weighted by Gasteiger charge is 2.23. The molecule has 176 valence electrons. The summed E-state index contributed by atoms with van der Waals surface area (Å²) in [6.07, 6.45) is 4.04. The summed E-state index contributed by atoms with van der Waals surface area (Å²) in [5.74, 6) is -0.226. The molecule has 3 aromatic heterocycles. The fraction of sp³-hybridized carbons (Fsp3) is 0. The van der Waals surface area contributed by atoms with E-state index in [1.165, 1.54) is 0 Å². The number of nitrogens with zero attached hydrogens (tertiary/aromatic N) is 2. The van der Waals surface area contributed by atoms with Crippen LogP contribution in [-0.4, -0.2) is 25.9 Å². The summed E-state index contributed by atoms with van der Waals surface area (Å²) in [7, 11) is 0. The number of aromatic amines is 2. The molecule has 0 spiro atoms. The summed E-state index contributed by atoms with van der Waals surface area (Å²) >= 11 is 0. The zero-order valence-corrected chi connectivity index (χ0v) is 19.6. The maximum absolute atomic E-state index is 12.9. The van der Waals surface area contributed by atoms with Gasteiger partial charge in [-0.1, -0.05) is 60.7 Å². The number of ether oxygens (including phenoxy) is 1. The SMILES string of the molecule is O=C1Oc2nc1cc1ccc([nH]1)c(-c1ccccc1)c1nc(cc3ccc([nH]3)c2-c2ccccc2)C=C1. The van der Waals surface area contributed by atoms with Crippen molar-refractivity contribution in [3.63, 3.8) is 0 Å². The molecule has 0 aliphatic carbocycles. The molecule has 0 amide bonds. The standard InChI is InChI=1S/C31H20N4O2/c36-31-27-18-23-13-15-25(34-23)28(19-7-3-1-4-8-19)24-14-11-21(32-24)17-22-12-16-26(33-22)29(30(35-27)37-31)20-9-5-2-6-10-20/h1-18,33-34H. The Bertz CT molecular complexity index is 1870. The quantitative estimate of drug-likeness (QED) is 0.260. The predicted molar refractivity (Wildman–Crippen MR) is 146 cm³/mol. The Morgan fingerprint density at radius 3 is 1.95 bits per heavy atom. The summed E-state index contributed by atoms with van der Waals surface area (Å²) in [6.45, 7) is 0. The van der Waals surface area contributed by atoms with Crippen LogP contribution in [0.3, 0.4) is 0 Å². The average Bonchev–Trinajstić information content (AvgIpc) is 3.72. The van der Waals surface area contributed by atoms with Crippen LogP contribution in [0.15, 0.2) is 97.1 Å². The van der Waals surface area contributed by atoms with Crippen molar-refractivity contribution in [1.29, 1.82) is 0 Å². The summed E-state index contributed by atoms with van der Waals surface area (Å²) in [4.78, 5) is 29.3. The molecular weight excluding hydrogens is 460 g/mol. The minimum atomic E-state index is -0.489. The minimum Gasteiger partial charge on any atom is -0.402 e. The molecule has 7 rings (SSSR count). The van der Waals surface area contributed by atoms with E-state index >= 15 is 0 Å². The van der Waals surface area contributed by atoms with Gasteiger partial charge in [0.2, 0.25) is 5.88 Å². The molecule has 0 saturated carbocycles. The van der Waals surface area contributed by atoms with Crippen molar-refractivity contribution in [3.05, 3.63) is 114 Å². The largest absolute Gasteiger partial charge is 0.402 e. The molecule has 37 heavy (non-hydrogen) atoms. The van der Waals surface area contributed by atoms with Crippen molar-refractivity contribution in [2.45, 2.75) is 0 Å². The van der Waals surface area contributed by atoms with Crippen molar-refractivity contribution < 1.29 is 9.53 Å². The van der Waals surface area contributed by atoms with E-state index in [9.17, 15) is 4.79 Å². The van der Waals surface area contributed by atoms with Gasteiger partial charge in [0.1, 0.15) is 0 Å². The molecule has 6 nitrogen and oxygen atoms in total. The predicted octanol–water partition coefficient (Wildman–Crippen LogP) is 7.04. The van der Waals surface area contributed by atoms with Crippen molar-refractivity contribution >= 4 is 40.2 Å². The first-order chi connectivity index (χ1) is 18.2. The summed E-state index contributed by atoms with van der Waals surface area (Å²) in [5.41, 5.74) is 8.86. The number of hydrogen-bond acceptors (Lipinski definition) is 4. The second-order valence-corrected chi connectivity index (χ2v) is 8.87. The molecule has 0 fully saturated rings. The zero-order chi connectivity index (χ0) is 24.8. The maximum Gasteiger partial charge on any atom is 0.363 e. The first-order valence-corrected chi connectivity index (χ1v) is 12.0. The molecule has 5 aromatic rings. The van der Waals surface area contributed by atoms with E-state index < -0.39 is 5.97 Å². The lowest BCUT2D eigenvalue weighted by Gasteiger charge is -2.03. The highest BCUT2D eigenvalue weighted by Crippen LogP contribution is 2.34. The summed E-state index contributed by atoms with van der Waals surface area (Å²) in [5, 5.41) is 0. The fourth-order valence-corrected chi connectivity index (χ4v) is 4.75. The third-order valence-corrected chi connectivity index (χ3v) is 6.43. The molecule has 5 heterocycles. The fourth-order valence-electron chi connectivity index (χ4n) is 4.75. The van der Waals surface area contributed by atoms with Crippen molar-refractivity contribution in [3.8, 4) is 28.1 Å². The smallest absolute Gasteiger partial charge is 0.363 e. The first kappa shape index (κ1) is 21.1. The molecule has 2 aliphatic heterocycles. The molecule has 0 saturated heterocycles. The molecule has 8 bridgehead atoms. The number of esters is 1. The molecular formula is C31H20N4O2. The van der Waals surface area contributed by atoms with Crippen molar-refractivity contribution in [1.82, 2.24) is 19.9 Å². The van der Waals surface area contributed by atoms with Crippen LogP contribution in [0.2, 0.25) is 0 Å². The lowest BCUT2D eigenvalue weighted by atomic mass is 10.0. The summed E-state index contributed by atoms with van der Waals surface area (Å²) in [6, 6.07) is 31.5. The van der Waals surface area contributed by atoms with E-state index in [-0.39, 0.29) is 11.6 Å².